The second kappa shape index (κ2) is 23.5. The van der Waals surface area contributed by atoms with Crippen LogP contribution in [0, 0.1) is 0 Å². The second-order valence-electron chi connectivity index (χ2n) is 15.1. The fraction of sp³-hybridized carbons (Fsp3) is 0.833. The molecule has 12 atom stereocenters. The normalized spacial score (nSPS) is 37.9. The molecule has 0 amide bonds. The van der Waals surface area contributed by atoms with E-state index >= 15 is 0 Å². The number of aliphatic hydroxyl groups is 2. The summed E-state index contributed by atoms with van der Waals surface area (Å²) in [6.45, 7) is 15.4. The van der Waals surface area contributed by atoms with Gasteiger partial charge in [-0.1, -0.05) is 28.0 Å². The van der Waals surface area contributed by atoms with Gasteiger partial charge >= 0.3 is 11.9 Å². The van der Waals surface area contributed by atoms with Crippen molar-refractivity contribution in [3.8, 4) is 0 Å². The quantitative estimate of drug-likeness (QED) is 0.0882. The number of hydrogen-bond donors (Lipinski definition) is 8. The summed E-state index contributed by atoms with van der Waals surface area (Å²) in [5.74, 6) is 8.66. The lowest BCUT2D eigenvalue weighted by atomic mass is 10.0. The van der Waals surface area contributed by atoms with Gasteiger partial charge in [-0.3, -0.25) is 29.2 Å². The molecular weight excluding hydrogens is 969 g/mol. The summed E-state index contributed by atoms with van der Waals surface area (Å²) >= 11 is 32.2. The average molecular weight is 1030 g/mol. The molecule has 0 aromatic heterocycles. The number of aliphatic carboxylic acids is 2. The van der Waals surface area contributed by atoms with E-state index in [0.717, 1.165) is 57.5 Å². The van der Waals surface area contributed by atoms with Gasteiger partial charge in [0, 0.05) is 67.0 Å². The highest BCUT2D eigenvalue weighted by molar-refractivity contribution is 8.06. The van der Waals surface area contributed by atoms with Crippen molar-refractivity contribution in [1.82, 2.24) is 19.6 Å². The molecule has 0 aliphatic carbocycles. The molecule has 0 bridgehead atoms. The Hall–Kier alpha value is 2.06. The first-order valence-corrected chi connectivity index (χ1v) is 28.8. The van der Waals surface area contributed by atoms with Crippen molar-refractivity contribution < 1.29 is 30.0 Å². The lowest BCUT2D eigenvalue weighted by molar-refractivity contribution is -0.144. The van der Waals surface area contributed by atoms with Crippen LogP contribution in [0.25, 0.3) is 0 Å². The molecule has 8 fully saturated rings. The summed E-state index contributed by atoms with van der Waals surface area (Å²) in [6, 6.07) is -0.441. The van der Waals surface area contributed by atoms with Crippen molar-refractivity contribution in [2.75, 3.05) is 57.5 Å². The van der Waals surface area contributed by atoms with Crippen molar-refractivity contribution >= 4 is 157 Å². The molecule has 0 spiro atoms. The third-order valence-electron chi connectivity index (χ3n) is 10.7. The fourth-order valence-corrected chi connectivity index (χ4v) is 22.6. The molecule has 8 saturated heterocycles. The van der Waals surface area contributed by atoms with Crippen molar-refractivity contribution in [1.29, 1.82) is 0 Å². The van der Waals surface area contributed by atoms with Gasteiger partial charge in [0.05, 0.1) is 55.1 Å². The van der Waals surface area contributed by atoms with Crippen LogP contribution in [0.15, 0.2) is 24.7 Å². The molecule has 8 aliphatic rings. The number of nitrogens with zero attached hydrogens (tertiary/aromatic N) is 4. The predicted molar refractivity (Wildman–Crippen MR) is 279 cm³/mol. The smallest absolute Gasteiger partial charge is 0.322 e. The van der Waals surface area contributed by atoms with Crippen LogP contribution in [0.4, 0.5) is 0 Å². The summed E-state index contributed by atoms with van der Waals surface area (Å²) < 4.78 is -0.392. The van der Waals surface area contributed by atoms with Crippen LogP contribution < -0.4 is 0 Å². The number of fused-ring (bicyclic) bond motifs is 4. The van der Waals surface area contributed by atoms with Crippen LogP contribution in [0.1, 0.15) is 42.5 Å². The summed E-state index contributed by atoms with van der Waals surface area (Å²) in [6.07, 6.45) is 0. The van der Waals surface area contributed by atoms with E-state index in [1.54, 1.807) is 23.5 Å². The van der Waals surface area contributed by atoms with E-state index in [1.807, 2.05) is 98.3 Å². The van der Waals surface area contributed by atoms with Crippen molar-refractivity contribution in [2.45, 2.75) is 119 Å². The second-order valence-corrected chi connectivity index (χ2v) is 27.5. The minimum atomic E-state index is -0.704. The zero-order valence-corrected chi connectivity index (χ0v) is 42.0. The maximum atomic E-state index is 11.3. The molecule has 0 aromatic carbocycles. The minimum Gasteiger partial charge on any atom is -0.511 e. The SMILES string of the molecule is C.C.C=C(O)[C@@H]1CS[C@H]2CS[C@H](CS)N21.C=C(O)[C@H]1CS[C@@H]2CS[C@@H](CS)N12.CC1(C)S[C@@H]2CS[C@@H](CS)N2[C@H]1C(=O)O.CC1(C)S[C@H]2CS[C@H](CS)N2[C@@H]1C(=O)O. The van der Waals surface area contributed by atoms with Crippen LogP contribution in [0.5, 0.6) is 0 Å². The molecule has 4 N–H and O–H groups in total. The topological polar surface area (TPSA) is 128 Å². The Morgan fingerprint density at radius 2 is 0.793 bits per heavy atom. The average Bonchev–Trinajstić information content (AvgIpc) is 3.96. The van der Waals surface area contributed by atoms with E-state index in [4.69, 9.17) is 0 Å². The van der Waals surface area contributed by atoms with Crippen LogP contribution in [-0.2, 0) is 9.59 Å². The van der Waals surface area contributed by atoms with E-state index in [0.29, 0.717) is 43.8 Å². The maximum absolute atomic E-state index is 11.3. The van der Waals surface area contributed by atoms with Gasteiger partial charge in [-0.15, -0.1) is 94.1 Å². The summed E-state index contributed by atoms with van der Waals surface area (Å²) in [5, 5.41) is 40.8. The molecule has 8 heterocycles. The van der Waals surface area contributed by atoms with Gasteiger partial charge in [0.2, 0.25) is 0 Å². The first-order chi connectivity index (χ1) is 26.4. The summed E-state index contributed by atoms with van der Waals surface area (Å²) in [7, 11) is 0. The van der Waals surface area contributed by atoms with Crippen molar-refractivity contribution in [3.63, 3.8) is 0 Å². The maximum Gasteiger partial charge on any atom is 0.322 e. The molecule has 0 unspecified atom stereocenters. The summed E-state index contributed by atoms with van der Waals surface area (Å²) in [5.41, 5.74) is 0. The molecule has 8 aliphatic heterocycles. The van der Waals surface area contributed by atoms with Crippen molar-refractivity contribution in [3.05, 3.63) is 24.7 Å². The number of hydrogen-bond acceptors (Lipinski definition) is 20. The molecule has 58 heavy (non-hydrogen) atoms. The molecular formula is C36H64N4O6S12. The number of carbonyl (C=O) groups is 2. The molecule has 0 aromatic rings. The van der Waals surface area contributed by atoms with E-state index in [-0.39, 0.29) is 59.3 Å². The highest BCUT2D eigenvalue weighted by Crippen LogP contribution is 2.53. The molecule has 8 rings (SSSR count). The van der Waals surface area contributed by atoms with Gasteiger partial charge in [0.15, 0.2) is 0 Å². The van der Waals surface area contributed by atoms with Crippen LogP contribution in [0.3, 0.4) is 0 Å². The van der Waals surface area contributed by atoms with Gasteiger partial charge in [-0.25, -0.2) is 0 Å². The standard InChI is InChI=1S/2C9H15NO2S3.2C8H13NOS3.2CH4/c2*1-9(2)7(8(11)12)10-5(3-13)14-4-6(10)15-9;2*1-5(10)6-3-12-8-4-13-7(2-11)9(6)8;;/h2*5-7,13H,3-4H2,1-2H3,(H,11,12);2*6-8,10-11H,1-4H2;2*1H4/t2*5-,6+,7-;2*6-,7+,8-;;/m1010../s1. The van der Waals surface area contributed by atoms with E-state index in [1.165, 1.54) is 0 Å². The molecule has 0 saturated carbocycles. The first kappa shape index (κ1) is 54.4. The molecule has 336 valence electrons. The van der Waals surface area contributed by atoms with Crippen LogP contribution in [0.2, 0.25) is 0 Å². The molecule has 10 nitrogen and oxygen atoms in total. The Labute approximate surface area is 403 Å². The monoisotopic (exact) mass is 1030 g/mol. The lowest BCUT2D eigenvalue weighted by Gasteiger charge is -2.30. The Bertz CT molecular complexity index is 1320. The number of aliphatic hydroxyl groups excluding tert-OH is 2. The number of rotatable bonds is 8. The Morgan fingerprint density at radius 3 is 1.05 bits per heavy atom. The Morgan fingerprint density at radius 1 is 0.517 bits per heavy atom. The predicted octanol–water partition coefficient (Wildman–Crippen LogP) is 8.07. The van der Waals surface area contributed by atoms with Gasteiger partial charge in [0.1, 0.15) is 23.6 Å². The lowest BCUT2D eigenvalue weighted by Crippen LogP contribution is -2.49. The van der Waals surface area contributed by atoms with Gasteiger partial charge in [-0.05, 0) is 27.7 Å². The Balaban J connectivity index is 0.000000205. The highest BCUT2D eigenvalue weighted by atomic mass is 32.2. The van der Waals surface area contributed by atoms with E-state index in [9.17, 15) is 30.0 Å². The zero-order valence-electron chi connectivity index (χ0n) is 31.9. The molecule has 0 radical (unpaired) electrons. The van der Waals surface area contributed by atoms with Crippen LogP contribution in [-0.4, -0.2) is 186 Å². The van der Waals surface area contributed by atoms with Gasteiger partial charge in [-0.2, -0.15) is 50.5 Å². The van der Waals surface area contributed by atoms with E-state index < -0.39 is 11.9 Å². The van der Waals surface area contributed by atoms with Gasteiger partial charge in [0.25, 0.3) is 0 Å². The van der Waals surface area contributed by atoms with Gasteiger partial charge < -0.3 is 20.4 Å². The molecule has 22 heteroatoms. The number of carboxylic acid groups (broad SMARTS) is 2. The Kier molecular flexibility index (Phi) is 22.0. The third kappa shape index (κ3) is 11.9. The summed E-state index contributed by atoms with van der Waals surface area (Å²) in [4.78, 5) is 31.6. The third-order valence-corrected chi connectivity index (χ3v) is 24.7. The van der Waals surface area contributed by atoms with E-state index in [2.05, 4.69) is 83.3 Å². The zero-order chi connectivity index (χ0) is 41.3. The largest absolute Gasteiger partial charge is 0.511 e. The number of carboxylic acids is 2. The van der Waals surface area contributed by atoms with Crippen LogP contribution >= 0.6 is 145 Å². The number of thiol groups is 4. The van der Waals surface area contributed by atoms with Crippen molar-refractivity contribution in [2.24, 2.45) is 0 Å². The minimum absolute atomic E-state index is 0. The fourth-order valence-electron chi connectivity index (χ4n) is 8.23. The first-order valence-electron chi connectivity index (χ1n) is 18.2. The number of thioether (sulfide) groups is 8. The highest BCUT2D eigenvalue weighted by Gasteiger charge is 2.57.